The van der Waals surface area contributed by atoms with E-state index in [2.05, 4.69) is 6.92 Å². The first kappa shape index (κ1) is 16.5. The van der Waals surface area contributed by atoms with Gasteiger partial charge in [-0.05, 0) is 13.3 Å². The molecule has 5 heteroatoms. The van der Waals surface area contributed by atoms with E-state index in [1.807, 2.05) is 0 Å². The van der Waals surface area contributed by atoms with Crippen LogP contribution in [-0.2, 0) is 35.3 Å². The van der Waals surface area contributed by atoms with Gasteiger partial charge in [-0.15, -0.1) is 0 Å². The van der Waals surface area contributed by atoms with Crippen molar-refractivity contribution in [3.63, 3.8) is 0 Å². The van der Waals surface area contributed by atoms with Crippen LogP contribution in [0.25, 0.3) is 0 Å². The molecule has 78 valence electrons. The molecule has 13 heavy (non-hydrogen) atoms. The fourth-order valence-electron chi connectivity index (χ4n) is 1.00. The Morgan fingerprint density at radius 2 is 1.85 bits per heavy atom. The standard InChI is InChI=1S/C8H19O3P.Zr/c1-3-5-6-7-8-12(9,10)11-4-2;/h3-8H2,1-2H3,(H,9,10);. The summed E-state index contributed by atoms with van der Waals surface area (Å²) in [5, 5.41) is 0. The zero-order valence-electron chi connectivity index (χ0n) is 8.45. The quantitative estimate of drug-likeness (QED) is 0.578. The van der Waals surface area contributed by atoms with Gasteiger partial charge < -0.3 is 9.42 Å². The minimum absolute atomic E-state index is 0. The molecule has 0 aromatic heterocycles. The fraction of sp³-hybridized carbons (Fsp3) is 1.00. The van der Waals surface area contributed by atoms with E-state index in [4.69, 9.17) is 9.42 Å². The Kier molecular flexibility index (Phi) is 12.1. The first-order chi connectivity index (χ1) is 5.62. The van der Waals surface area contributed by atoms with Gasteiger partial charge in [-0.2, -0.15) is 0 Å². The summed E-state index contributed by atoms with van der Waals surface area (Å²) in [6, 6.07) is 0. The van der Waals surface area contributed by atoms with E-state index in [0.29, 0.717) is 12.8 Å². The Morgan fingerprint density at radius 1 is 1.23 bits per heavy atom. The summed E-state index contributed by atoms with van der Waals surface area (Å²) in [6.07, 6.45) is 4.40. The topological polar surface area (TPSA) is 46.5 Å². The van der Waals surface area contributed by atoms with Crippen LogP contribution < -0.4 is 0 Å². The van der Waals surface area contributed by atoms with Crippen molar-refractivity contribution in [3.8, 4) is 0 Å². The van der Waals surface area contributed by atoms with Crippen molar-refractivity contribution in [3.05, 3.63) is 0 Å². The molecule has 0 spiro atoms. The van der Waals surface area contributed by atoms with Gasteiger partial charge in [0.05, 0.1) is 6.61 Å². The van der Waals surface area contributed by atoms with Crippen LogP contribution in [0, 0.1) is 0 Å². The average Bonchev–Trinajstić information content (AvgIpc) is 1.98. The van der Waals surface area contributed by atoms with Crippen molar-refractivity contribution >= 4 is 7.60 Å². The second-order valence-electron chi connectivity index (χ2n) is 2.84. The van der Waals surface area contributed by atoms with Gasteiger partial charge in [-0.25, -0.2) is 0 Å². The van der Waals surface area contributed by atoms with Gasteiger partial charge in [0.25, 0.3) is 0 Å². The van der Waals surface area contributed by atoms with Gasteiger partial charge in [0.15, 0.2) is 0 Å². The van der Waals surface area contributed by atoms with E-state index >= 15 is 0 Å². The SMILES string of the molecule is CCCCCCP(=O)(O)OCC.[Zr]. The Bertz CT molecular complexity index is 152. The molecule has 0 aliphatic rings. The summed E-state index contributed by atoms with van der Waals surface area (Å²) in [7, 11) is -3.23. The number of unbranched alkanes of at least 4 members (excludes halogenated alkanes) is 3. The third-order valence-corrected chi connectivity index (χ3v) is 3.17. The molecule has 0 rings (SSSR count). The molecule has 0 aliphatic heterocycles. The zero-order chi connectivity index (χ0) is 9.45. The van der Waals surface area contributed by atoms with Gasteiger partial charge in [-0.1, -0.05) is 26.2 Å². The summed E-state index contributed by atoms with van der Waals surface area (Å²) in [5.41, 5.74) is 0. The first-order valence-corrected chi connectivity index (χ1v) is 6.35. The average molecular weight is 285 g/mol. The smallest absolute Gasteiger partial charge is 0.324 e. The zero-order valence-corrected chi connectivity index (χ0v) is 11.8. The van der Waals surface area contributed by atoms with Crippen LogP contribution in [0.4, 0.5) is 0 Å². The number of hydrogen-bond acceptors (Lipinski definition) is 2. The Morgan fingerprint density at radius 3 is 2.31 bits per heavy atom. The summed E-state index contributed by atoms with van der Waals surface area (Å²) in [5.74, 6) is 0. The second kappa shape index (κ2) is 9.58. The van der Waals surface area contributed by atoms with Crippen LogP contribution in [-0.4, -0.2) is 17.7 Å². The molecule has 1 unspecified atom stereocenters. The maximum atomic E-state index is 11.1. The summed E-state index contributed by atoms with van der Waals surface area (Å²) >= 11 is 0. The summed E-state index contributed by atoms with van der Waals surface area (Å²) in [6.45, 7) is 4.16. The van der Waals surface area contributed by atoms with E-state index in [1.54, 1.807) is 6.92 Å². The van der Waals surface area contributed by atoms with Gasteiger partial charge in [0, 0.05) is 32.4 Å². The van der Waals surface area contributed by atoms with Crippen molar-refractivity contribution in [2.75, 3.05) is 12.8 Å². The van der Waals surface area contributed by atoms with Gasteiger partial charge in [0.2, 0.25) is 0 Å². The molecule has 1 N–H and O–H groups in total. The largest absolute Gasteiger partial charge is 0.328 e. The van der Waals surface area contributed by atoms with Crippen molar-refractivity contribution in [1.29, 1.82) is 0 Å². The van der Waals surface area contributed by atoms with Crippen LogP contribution in [0.1, 0.15) is 39.5 Å². The van der Waals surface area contributed by atoms with Gasteiger partial charge in [0.1, 0.15) is 0 Å². The van der Waals surface area contributed by atoms with E-state index in [9.17, 15) is 4.57 Å². The van der Waals surface area contributed by atoms with Crippen LogP contribution in [0.2, 0.25) is 0 Å². The van der Waals surface area contributed by atoms with Gasteiger partial charge in [-0.3, -0.25) is 4.57 Å². The molecule has 0 bridgehead atoms. The molecule has 0 saturated heterocycles. The normalized spacial score (nSPS) is 14.7. The molecule has 0 heterocycles. The predicted molar refractivity (Wildman–Crippen MR) is 50.5 cm³/mol. The van der Waals surface area contributed by atoms with Crippen molar-refractivity contribution in [2.45, 2.75) is 39.5 Å². The molecule has 0 radical (unpaired) electrons. The van der Waals surface area contributed by atoms with Crippen LogP contribution in [0.15, 0.2) is 0 Å². The maximum absolute atomic E-state index is 11.1. The molecule has 0 amide bonds. The Hall–Kier alpha value is 1.03. The molecular formula is C8H19O3PZr. The van der Waals surface area contributed by atoms with Gasteiger partial charge >= 0.3 is 7.60 Å². The van der Waals surface area contributed by atoms with Crippen LogP contribution in [0.5, 0.6) is 0 Å². The molecule has 0 fully saturated rings. The van der Waals surface area contributed by atoms with Crippen molar-refractivity contribution in [1.82, 2.24) is 0 Å². The third-order valence-electron chi connectivity index (χ3n) is 1.63. The molecule has 0 saturated carbocycles. The Labute approximate surface area is 99.9 Å². The fourth-order valence-corrected chi connectivity index (χ4v) is 2.16. The van der Waals surface area contributed by atoms with Crippen molar-refractivity contribution in [2.24, 2.45) is 0 Å². The summed E-state index contributed by atoms with van der Waals surface area (Å²) in [4.78, 5) is 9.15. The molecule has 1 atom stereocenters. The third kappa shape index (κ3) is 11.0. The van der Waals surface area contributed by atoms with Crippen molar-refractivity contribution < 1.29 is 40.2 Å². The van der Waals surface area contributed by atoms with Crippen LogP contribution >= 0.6 is 7.60 Å². The maximum Gasteiger partial charge on any atom is 0.328 e. The van der Waals surface area contributed by atoms with E-state index in [1.165, 1.54) is 0 Å². The van der Waals surface area contributed by atoms with Crippen LogP contribution in [0.3, 0.4) is 0 Å². The minimum atomic E-state index is -3.23. The minimum Gasteiger partial charge on any atom is -0.324 e. The molecule has 0 aromatic rings. The molecule has 0 aliphatic carbocycles. The van der Waals surface area contributed by atoms with E-state index in [0.717, 1.165) is 25.7 Å². The monoisotopic (exact) mass is 284 g/mol. The molecule has 3 nitrogen and oxygen atoms in total. The summed E-state index contributed by atoms with van der Waals surface area (Å²) < 4.78 is 15.8. The Balaban J connectivity index is 0. The number of rotatable bonds is 7. The van der Waals surface area contributed by atoms with E-state index in [-0.39, 0.29) is 26.2 Å². The first-order valence-electron chi connectivity index (χ1n) is 4.58. The second-order valence-corrected chi connectivity index (χ2v) is 4.82. The van der Waals surface area contributed by atoms with E-state index < -0.39 is 7.60 Å². The number of hydrogen-bond donors (Lipinski definition) is 1. The molecular weight excluding hydrogens is 266 g/mol. The molecule has 0 aromatic carbocycles. The predicted octanol–water partition coefficient (Wildman–Crippen LogP) is 2.79.